The van der Waals surface area contributed by atoms with Crippen molar-refractivity contribution in [3.63, 3.8) is 0 Å². The van der Waals surface area contributed by atoms with Gasteiger partial charge in [-0.3, -0.25) is 4.99 Å². The quantitative estimate of drug-likeness (QED) is 0.772. The summed E-state index contributed by atoms with van der Waals surface area (Å²) >= 11 is 3.53. The molecule has 0 bridgehead atoms. The average Bonchev–Trinajstić information content (AvgIpc) is 3.01. The maximum absolute atomic E-state index is 4.79. The molecule has 0 fully saturated rings. The van der Waals surface area contributed by atoms with E-state index in [1.807, 2.05) is 11.3 Å². The third kappa shape index (κ3) is 1.44. The number of amidine groups is 1. The van der Waals surface area contributed by atoms with Crippen LogP contribution in [0.25, 0.3) is 10.1 Å². The molecule has 17 heavy (non-hydrogen) atoms. The van der Waals surface area contributed by atoms with Crippen molar-refractivity contribution in [1.82, 2.24) is 4.90 Å². The summed E-state index contributed by atoms with van der Waals surface area (Å²) < 4.78 is 1.36. The van der Waals surface area contributed by atoms with Crippen LogP contribution in [-0.4, -0.2) is 16.6 Å². The van der Waals surface area contributed by atoms with Crippen LogP contribution in [0.4, 0.5) is 0 Å². The largest absolute Gasteiger partial charge is 0.325 e. The molecule has 1 aromatic heterocycles. The van der Waals surface area contributed by atoms with Gasteiger partial charge in [0.25, 0.3) is 0 Å². The van der Waals surface area contributed by atoms with Crippen molar-refractivity contribution in [2.45, 2.75) is 6.04 Å². The highest BCUT2D eigenvalue weighted by Crippen LogP contribution is 2.38. The molecule has 0 aliphatic carbocycles. The Morgan fingerprint density at radius 2 is 2.24 bits per heavy atom. The Bertz CT molecular complexity index is 642. The number of hydrogen-bond acceptors (Lipinski definition) is 4. The molecule has 1 atom stereocenters. The number of nitrogens with zero attached hydrogens (tertiary/aromatic N) is 2. The Morgan fingerprint density at radius 3 is 3.18 bits per heavy atom. The maximum atomic E-state index is 4.79. The van der Waals surface area contributed by atoms with E-state index < -0.39 is 0 Å². The molecule has 0 saturated heterocycles. The Labute approximate surface area is 108 Å². The number of rotatable bonds is 1. The third-order valence-corrected chi connectivity index (χ3v) is 4.96. The molecule has 2 aliphatic rings. The van der Waals surface area contributed by atoms with Gasteiger partial charge in [0.1, 0.15) is 0 Å². The topological polar surface area (TPSA) is 15.6 Å². The zero-order chi connectivity index (χ0) is 11.2. The maximum Gasteiger partial charge on any atom is 0.168 e. The van der Waals surface area contributed by atoms with Crippen molar-refractivity contribution in [2.75, 3.05) is 6.54 Å². The zero-order valence-electron chi connectivity index (χ0n) is 9.04. The molecule has 2 aromatic rings. The number of thiophene rings is 1. The second-order valence-electron chi connectivity index (χ2n) is 4.17. The van der Waals surface area contributed by atoms with Crippen LogP contribution in [0.5, 0.6) is 0 Å². The zero-order valence-corrected chi connectivity index (χ0v) is 10.7. The summed E-state index contributed by atoms with van der Waals surface area (Å²) in [5.41, 5.74) is 1.38. The molecule has 84 valence electrons. The van der Waals surface area contributed by atoms with Gasteiger partial charge >= 0.3 is 0 Å². The molecule has 0 radical (unpaired) electrons. The van der Waals surface area contributed by atoms with E-state index in [9.17, 15) is 0 Å². The smallest absolute Gasteiger partial charge is 0.168 e. The summed E-state index contributed by atoms with van der Waals surface area (Å²) in [5, 5.41) is 6.86. The lowest BCUT2D eigenvalue weighted by atomic mass is 10.1. The first-order valence-corrected chi connectivity index (χ1v) is 7.32. The third-order valence-electron chi connectivity index (χ3n) is 3.17. The van der Waals surface area contributed by atoms with E-state index in [1.54, 1.807) is 11.8 Å². The van der Waals surface area contributed by atoms with E-state index in [1.165, 1.54) is 15.6 Å². The predicted octanol–water partition coefficient (Wildman–Crippen LogP) is 3.83. The van der Waals surface area contributed by atoms with Crippen LogP contribution in [0.2, 0.25) is 0 Å². The molecule has 0 amide bonds. The first-order chi connectivity index (χ1) is 8.42. The average molecular weight is 258 g/mol. The van der Waals surface area contributed by atoms with Crippen molar-refractivity contribution in [3.05, 3.63) is 46.8 Å². The standard InChI is InChI=1S/C13H10N2S2/c1-2-4-12-9(3-1)10(8-17-12)11-7-15-5-6-16-13(15)14-11/h1-6,8,11H,7H2. The minimum Gasteiger partial charge on any atom is -0.325 e. The van der Waals surface area contributed by atoms with Gasteiger partial charge in [-0.1, -0.05) is 30.0 Å². The first-order valence-electron chi connectivity index (χ1n) is 5.56. The molecule has 0 N–H and O–H groups in total. The van der Waals surface area contributed by atoms with Crippen LogP contribution in [0.1, 0.15) is 11.6 Å². The van der Waals surface area contributed by atoms with Gasteiger partial charge in [-0.25, -0.2) is 0 Å². The van der Waals surface area contributed by atoms with Gasteiger partial charge in [-0.2, -0.15) is 0 Å². The van der Waals surface area contributed by atoms with Crippen molar-refractivity contribution in [1.29, 1.82) is 0 Å². The Kier molecular flexibility index (Phi) is 2.07. The fourth-order valence-electron chi connectivity index (χ4n) is 2.32. The molecular weight excluding hydrogens is 248 g/mol. The number of fused-ring (bicyclic) bond motifs is 2. The van der Waals surface area contributed by atoms with Crippen LogP contribution in [-0.2, 0) is 0 Å². The van der Waals surface area contributed by atoms with Crippen LogP contribution >= 0.6 is 23.1 Å². The van der Waals surface area contributed by atoms with Gasteiger partial charge in [0.15, 0.2) is 5.17 Å². The second-order valence-corrected chi connectivity index (χ2v) is 5.95. The summed E-state index contributed by atoms with van der Waals surface area (Å²) in [6.07, 6.45) is 2.12. The van der Waals surface area contributed by atoms with E-state index in [4.69, 9.17) is 4.99 Å². The summed E-state index contributed by atoms with van der Waals surface area (Å²) in [7, 11) is 0. The molecule has 1 unspecified atom stereocenters. The lowest BCUT2D eigenvalue weighted by Crippen LogP contribution is -2.15. The van der Waals surface area contributed by atoms with Crippen molar-refractivity contribution in [2.24, 2.45) is 4.99 Å². The van der Waals surface area contributed by atoms with E-state index in [0.29, 0.717) is 6.04 Å². The molecule has 4 rings (SSSR count). The van der Waals surface area contributed by atoms with Crippen molar-refractivity contribution < 1.29 is 0 Å². The number of benzene rings is 1. The molecule has 2 nitrogen and oxygen atoms in total. The minimum atomic E-state index is 0.304. The lowest BCUT2D eigenvalue weighted by Gasteiger charge is -2.09. The highest BCUT2D eigenvalue weighted by molar-refractivity contribution is 8.16. The van der Waals surface area contributed by atoms with E-state index in [0.717, 1.165) is 11.7 Å². The first kappa shape index (κ1) is 9.74. The van der Waals surface area contributed by atoms with Gasteiger partial charge in [-0.15, -0.1) is 11.3 Å². The fourth-order valence-corrected chi connectivity index (χ4v) is 4.12. The molecule has 4 heteroatoms. The molecule has 0 saturated carbocycles. The highest BCUT2D eigenvalue weighted by atomic mass is 32.2. The summed E-state index contributed by atoms with van der Waals surface area (Å²) in [4.78, 5) is 7.03. The van der Waals surface area contributed by atoms with Gasteiger partial charge in [0.2, 0.25) is 0 Å². The number of aliphatic imine (C=N–C) groups is 1. The van der Waals surface area contributed by atoms with Crippen molar-refractivity contribution in [3.8, 4) is 0 Å². The summed E-state index contributed by atoms with van der Waals surface area (Å²) in [6, 6.07) is 8.89. The van der Waals surface area contributed by atoms with Gasteiger partial charge in [-0.05, 0) is 27.8 Å². The number of thioether (sulfide) groups is 1. The summed E-state index contributed by atoms with van der Waals surface area (Å²) in [6.45, 7) is 0.986. The minimum absolute atomic E-state index is 0.304. The van der Waals surface area contributed by atoms with Gasteiger partial charge in [0, 0.05) is 10.9 Å². The highest BCUT2D eigenvalue weighted by Gasteiger charge is 2.28. The normalized spacial score (nSPS) is 22.2. The second kappa shape index (κ2) is 3.62. The monoisotopic (exact) mass is 258 g/mol. The molecular formula is C13H10N2S2. The van der Waals surface area contributed by atoms with Crippen LogP contribution in [0.3, 0.4) is 0 Å². The molecule has 3 heterocycles. The van der Waals surface area contributed by atoms with Crippen LogP contribution in [0, 0.1) is 0 Å². The molecule has 0 spiro atoms. The predicted molar refractivity (Wildman–Crippen MR) is 75.4 cm³/mol. The van der Waals surface area contributed by atoms with Crippen LogP contribution < -0.4 is 0 Å². The Hall–Kier alpha value is -1.26. The van der Waals surface area contributed by atoms with E-state index in [2.05, 4.69) is 46.2 Å². The molecule has 1 aromatic carbocycles. The fraction of sp³-hybridized carbons (Fsp3) is 0.154. The number of hydrogen-bond donors (Lipinski definition) is 0. The van der Waals surface area contributed by atoms with Gasteiger partial charge < -0.3 is 4.90 Å². The van der Waals surface area contributed by atoms with Crippen LogP contribution in [0.15, 0.2) is 46.2 Å². The molecule has 2 aliphatic heterocycles. The van der Waals surface area contributed by atoms with Crippen molar-refractivity contribution >= 4 is 38.4 Å². The van der Waals surface area contributed by atoms with Gasteiger partial charge in [0.05, 0.1) is 12.6 Å². The lowest BCUT2D eigenvalue weighted by molar-refractivity contribution is 0.561. The van der Waals surface area contributed by atoms with E-state index in [-0.39, 0.29) is 0 Å². The summed E-state index contributed by atoms with van der Waals surface area (Å²) in [5.74, 6) is 0. The Morgan fingerprint density at radius 1 is 1.29 bits per heavy atom. The van der Waals surface area contributed by atoms with E-state index >= 15 is 0 Å². The Balaban J connectivity index is 1.79. The SMILES string of the molecule is C1=CN2CC(c3csc4ccccc34)N=C2S1.